The van der Waals surface area contributed by atoms with Crippen LogP contribution in [0.4, 0.5) is 0 Å². The summed E-state index contributed by atoms with van der Waals surface area (Å²) in [5.41, 5.74) is 2.05. The second kappa shape index (κ2) is 4.97. The molecule has 2 heterocycles. The van der Waals surface area contributed by atoms with E-state index in [1.54, 1.807) is 18.1 Å². The van der Waals surface area contributed by atoms with Crippen molar-refractivity contribution in [1.29, 1.82) is 0 Å². The summed E-state index contributed by atoms with van der Waals surface area (Å²) in [5, 5.41) is 16.1. The number of methoxy groups -OCH3 is 1. The van der Waals surface area contributed by atoms with E-state index in [0.717, 1.165) is 11.3 Å². The Labute approximate surface area is 116 Å². The van der Waals surface area contributed by atoms with Crippen LogP contribution in [0.3, 0.4) is 0 Å². The second-order valence-corrected chi connectivity index (χ2v) is 4.76. The third-order valence-electron chi connectivity index (χ3n) is 3.34. The normalized spacial score (nSPS) is 15.0. The molecule has 1 fully saturated rings. The lowest BCUT2D eigenvalue weighted by Crippen LogP contribution is -2.53. The molecule has 0 unspecified atom stereocenters. The molecular formula is C14H15N3O3. The molecule has 0 atom stereocenters. The Morgan fingerprint density at radius 3 is 2.70 bits per heavy atom. The maximum absolute atomic E-state index is 12.0. The van der Waals surface area contributed by atoms with E-state index >= 15 is 0 Å². The highest BCUT2D eigenvalue weighted by atomic mass is 16.5. The van der Waals surface area contributed by atoms with Crippen molar-refractivity contribution in [1.82, 2.24) is 15.1 Å². The Hall–Kier alpha value is -2.34. The van der Waals surface area contributed by atoms with Gasteiger partial charge in [-0.1, -0.05) is 0 Å². The van der Waals surface area contributed by atoms with E-state index in [1.165, 1.54) is 0 Å². The SMILES string of the molecule is COc1ccc(-c2cc(C(=O)N3CC(O)C3)[nH]n2)cc1. The van der Waals surface area contributed by atoms with E-state index < -0.39 is 6.10 Å². The highest BCUT2D eigenvalue weighted by Crippen LogP contribution is 2.22. The van der Waals surface area contributed by atoms with Gasteiger partial charge < -0.3 is 14.7 Å². The van der Waals surface area contributed by atoms with Gasteiger partial charge >= 0.3 is 0 Å². The zero-order valence-corrected chi connectivity index (χ0v) is 11.0. The monoisotopic (exact) mass is 273 g/mol. The number of hydrogen-bond donors (Lipinski definition) is 2. The van der Waals surface area contributed by atoms with Crippen LogP contribution in [-0.2, 0) is 0 Å². The zero-order valence-electron chi connectivity index (χ0n) is 11.0. The van der Waals surface area contributed by atoms with Gasteiger partial charge in [0.25, 0.3) is 5.91 Å². The molecule has 0 bridgehead atoms. The first-order valence-electron chi connectivity index (χ1n) is 6.34. The highest BCUT2D eigenvalue weighted by Gasteiger charge is 2.30. The summed E-state index contributed by atoms with van der Waals surface area (Å²) < 4.78 is 5.10. The molecule has 1 amide bonds. The molecule has 6 heteroatoms. The first-order valence-corrected chi connectivity index (χ1v) is 6.34. The number of aromatic nitrogens is 2. The van der Waals surface area contributed by atoms with E-state index in [0.29, 0.717) is 24.5 Å². The minimum absolute atomic E-state index is 0.137. The van der Waals surface area contributed by atoms with Crippen molar-refractivity contribution < 1.29 is 14.6 Å². The number of carbonyl (C=O) groups is 1. The number of nitrogens with zero attached hydrogens (tertiary/aromatic N) is 2. The Balaban J connectivity index is 1.77. The average molecular weight is 273 g/mol. The molecule has 104 valence electrons. The third-order valence-corrected chi connectivity index (χ3v) is 3.34. The fourth-order valence-electron chi connectivity index (χ4n) is 2.13. The summed E-state index contributed by atoms with van der Waals surface area (Å²) in [7, 11) is 1.61. The molecule has 1 saturated heterocycles. The van der Waals surface area contributed by atoms with Gasteiger partial charge in [-0.15, -0.1) is 0 Å². The number of benzene rings is 1. The maximum atomic E-state index is 12.0. The molecule has 1 aromatic carbocycles. The van der Waals surface area contributed by atoms with Crippen LogP contribution in [0.5, 0.6) is 5.75 Å². The summed E-state index contributed by atoms with van der Waals surface area (Å²) in [6, 6.07) is 9.18. The molecule has 1 aliphatic heterocycles. The lowest BCUT2D eigenvalue weighted by atomic mass is 10.1. The number of H-pyrrole nitrogens is 1. The van der Waals surface area contributed by atoms with Gasteiger partial charge in [0, 0.05) is 18.7 Å². The number of nitrogens with one attached hydrogen (secondary N) is 1. The van der Waals surface area contributed by atoms with E-state index in [-0.39, 0.29) is 5.91 Å². The largest absolute Gasteiger partial charge is 0.497 e. The van der Waals surface area contributed by atoms with Crippen molar-refractivity contribution in [3.63, 3.8) is 0 Å². The first kappa shape index (κ1) is 12.7. The van der Waals surface area contributed by atoms with Gasteiger partial charge in [0.05, 0.1) is 18.9 Å². The van der Waals surface area contributed by atoms with Crippen LogP contribution in [0.25, 0.3) is 11.3 Å². The number of aromatic amines is 1. The Bertz CT molecular complexity index is 615. The number of amides is 1. The molecule has 6 nitrogen and oxygen atoms in total. The predicted octanol–water partition coefficient (Wildman–Crippen LogP) is 0.902. The molecule has 2 aromatic rings. The Morgan fingerprint density at radius 2 is 2.10 bits per heavy atom. The lowest BCUT2D eigenvalue weighted by molar-refractivity contribution is 0.00550. The van der Waals surface area contributed by atoms with Gasteiger partial charge in [0.2, 0.25) is 0 Å². The van der Waals surface area contributed by atoms with Crippen molar-refractivity contribution >= 4 is 5.91 Å². The lowest BCUT2D eigenvalue weighted by Gasteiger charge is -2.35. The number of β-amino-alcohol motifs (C(OH)–C–C–N with tert-alkyl or cyclic N) is 1. The summed E-state index contributed by atoms with van der Waals surface area (Å²) in [4.78, 5) is 13.6. The highest BCUT2D eigenvalue weighted by molar-refractivity contribution is 5.94. The number of ether oxygens (including phenoxy) is 1. The Kier molecular flexibility index (Phi) is 3.15. The number of rotatable bonds is 3. The maximum Gasteiger partial charge on any atom is 0.272 e. The summed E-state index contributed by atoms with van der Waals surface area (Å²) in [6.07, 6.45) is -0.400. The number of hydrogen-bond acceptors (Lipinski definition) is 4. The number of aliphatic hydroxyl groups is 1. The van der Waals surface area contributed by atoms with Crippen molar-refractivity contribution in [2.45, 2.75) is 6.10 Å². The standard InChI is InChI=1S/C14H15N3O3/c1-20-11-4-2-9(3-5-11)12-6-13(16-15-12)14(19)17-7-10(18)8-17/h2-6,10,18H,7-8H2,1H3,(H,15,16). The minimum atomic E-state index is -0.400. The molecule has 1 aromatic heterocycles. The van der Waals surface area contributed by atoms with E-state index in [4.69, 9.17) is 4.74 Å². The van der Waals surface area contributed by atoms with Gasteiger partial charge in [-0.25, -0.2) is 0 Å². The molecule has 0 spiro atoms. The minimum Gasteiger partial charge on any atom is -0.497 e. The first-order chi connectivity index (χ1) is 9.67. The summed E-state index contributed by atoms with van der Waals surface area (Å²) >= 11 is 0. The van der Waals surface area contributed by atoms with Crippen LogP contribution in [-0.4, -0.2) is 52.4 Å². The fourth-order valence-corrected chi connectivity index (χ4v) is 2.13. The fraction of sp³-hybridized carbons (Fsp3) is 0.286. The van der Waals surface area contributed by atoms with Gasteiger partial charge in [-0.05, 0) is 30.3 Å². The summed E-state index contributed by atoms with van der Waals surface area (Å²) in [5.74, 6) is 0.637. The van der Waals surface area contributed by atoms with Gasteiger partial charge in [-0.3, -0.25) is 9.89 Å². The van der Waals surface area contributed by atoms with Crippen molar-refractivity contribution in [2.75, 3.05) is 20.2 Å². The van der Waals surface area contributed by atoms with Crippen molar-refractivity contribution in [2.24, 2.45) is 0 Å². The number of likely N-dealkylation sites (tertiary alicyclic amines) is 1. The van der Waals surface area contributed by atoms with Gasteiger partial charge in [-0.2, -0.15) is 5.10 Å². The van der Waals surface area contributed by atoms with Crippen LogP contribution in [0.2, 0.25) is 0 Å². The van der Waals surface area contributed by atoms with Crippen molar-refractivity contribution in [3.05, 3.63) is 36.0 Å². The number of carbonyl (C=O) groups excluding carboxylic acids is 1. The molecule has 0 aliphatic carbocycles. The van der Waals surface area contributed by atoms with Crippen LogP contribution in [0, 0.1) is 0 Å². The number of aliphatic hydroxyl groups excluding tert-OH is 1. The van der Waals surface area contributed by atoms with E-state index in [9.17, 15) is 9.90 Å². The van der Waals surface area contributed by atoms with Gasteiger partial charge in [0.1, 0.15) is 11.4 Å². The van der Waals surface area contributed by atoms with Crippen LogP contribution < -0.4 is 4.74 Å². The molecular weight excluding hydrogens is 258 g/mol. The second-order valence-electron chi connectivity index (χ2n) is 4.76. The van der Waals surface area contributed by atoms with Crippen LogP contribution >= 0.6 is 0 Å². The zero-order chi connectivity index (χ0) is 14.1. The average Bonchev–Trinajstić information content (AvgIpc) is 2.93. The summed E-state index contributed by atoms with van der Waals surface area (Å²) in [6.45, 7) is 0.769. The molecule has 2 N–H and O–H groups in total. The van der Waals surface area contributed by atoms with E-state index in [2.05, 4.69) is 10.2 Å². The molecule has 20 heavy (non-hydrogen) atoms. The topological polar surface area (TPSA) is 78.5 Å². The predicted molar refractivity (Wildman–Crippen MR) is 72.5 cm³/mol. The quantitative estimate of drug-likeness (QED) is 0.871. The van der Waals surface area contributed by atoms with Crippen LogP contribution in [0.1, 0.15) is 10.5 Å². The molecule has 0 radical (unpaired) electrons. The van der Waals surface area contributed by atoms with E-state index in [1.807, 2.05) is 24.3 Å². The smallest absolute Gasteiger partial charge is 0.272 e. The Morgan fingerprint density at radius 1 is 1.40 bits per heavy atom. The van der Waals surface area contributed by atoms with Gasteiger partial charge in [0.15, 0.2) is 0 Å². The molecule has 0 saturated carbocycles. The van der Waals surface area contributed by atoms with Crippen LogP contribution in [0.15, 0.2) is 30.3 Å². The third kappa shape index (κ3) is 2.25. The molecule has 1 aliphatic rings. The molecule has 3 rings (SSSR count). The van der Waals surface area contributed by atoms with Crippen molar-refractivity contribution in [3.8, 4) is 17.0 Å².